The summed E-state index contributed by atoms with van der Waals surface area (Å²) in [5.74, 6) is -2.26. The van der Waals surface area contributed by atoms with Gasteiger partial charge in [-0.25, -0.2) is 0 Å². The summed E-state index contributed by atoms with van der Waals surface area (Å²) in [6, 6.07) is -1.40. The number of amides is 7. The molecule has 418 valence electrons. The van der Waals surface area contributed by atoms with E-state index in [1.807, 2.05) is 0 Å². The van der Waals surface area contributed by atoms with Crippen molar-refractivity contribution in [3.63, 3.8) is 0 Å². The highest BCUT2D eigenvalue weighted by atomic mass is 79.9. The topological polar surface area (TPSA) is 304 Å². The van der Waals surface area contributed by atoms with E-state index in [9.17, 15) is 38.4 Å². The van der Waals surface area contributed by atoms with Crippen LogP contribution in [0.15, 0.2) is 0 Å². The van der Waals surface area contributed by atoms with E-state index in [1.165, 1.54) is 44.9 Å². The highest BCUT2D eigenvalue weighted by Crippen LogP contribution is 2.14. The van der Waals surface area contributed by atoms with Gasteiger partial charge in [-0.1, -0.05) is 109 Å². The Hall–Kier alpha value is -3.48. The summed E-state index contributed by atoms with van der Waals surface area (Å²) in [7, 11) is 0. The number of carbonyl (C=O) groups excluding carboxylic acids is 7. The maximum absolute atomic E-state index is 12.7. The van der Waals surface area contributed by atoms with Crippen LogP contribution >= 0.6 is 31.9 Å². The van der Waals surface area contributed by atoms with Gasteiger partial charge in [0.25, 0.3) is 0 Å². The van der Waals surface area contributed by atoms with Crippen LogP contribution in [0.3, 0.4) is 0 Å². The van der Waals surface area contributed by atoms with E-state index in [0.29, 0.717) is 91.1 Å². The third-order valence-electron chi connectivity index (χ3n) is 11.1. The molecule has 0 aliphatic carbocycles. The maximum Gasteiger partial charge on any atom is 0.303 e. The molecule has 10 N–H and O–H groups in total. The maximum atomic E-state index is 12.7. The van der Waals surface area contributed by atoms with E-state index in [1.54, 1.807) is 0 Å². The number of alkyl halides is 2. The fourth-order valence-electron chi connectivity index (χ4n) is 7.10. The molecular weight excluding hydrogens is 1070 g/mol. The van der Waals surface area contributed by atoms with Crippen molar-refractivity contribution in [2.75, 3.05) is 103 Å². The molecule has 21 nitrogen and oxygen atoms in total. The quantitative estimate of drug-likeness (QED) is 0.0312. The largest absolute Gasteiger partial charge is 0.481 e. The van der Waals surface area contributed by atoms with Crippen LogP contribution in [0.5, 0.6) is 0 Å². The minimum atomic E-state index is -0.740. The van der Waals surface area contributed by atoms with Crippen molar-refractivity contribution in [3.8, 4) is 0 Å². The lowest BCUT2D eigenvalue weighted by Crippen LogP contribution is -2.48. The molecule has 0 aromatic heterocycles. The van der Waals surface area contributed by atoms with Crippen molar-refractivity contribution in [2.24, 2.45) is 5.73 Å². The first kappa shape index (κ1) is 68.5. The number of unbranched alkanes of at least 4 members (excludes halogenated alkanes) is 14. The molecule has 0 saturated heterocycles. The second-order valence-corrected chi connectivity index (χ2v) is 18.5. The number of carbonyl (C=O) groups is 8. The Bertz CT molecular complexity index is 1460. The van der Waals surface area contributed by atoms with Crippen molar-refractivity contribution in [3.05, 3.63) is 0 Å². The second kappa shape index (κ2) is 51.0. The predicted molar refractivity (Wildman–Crippen MR) is 283 cm³/mol. The average molecular weight is 1160 g/mol. The van der Waals surface area contributed by atoms with Gasteiger partial charge in [0.05, 0.1) is 63.5 Å². The number of rotatable bonds is 52. The van der Waals surface area contributed by atoms with Gasteiger partial charge in [0.2, 0.25) is 41.4 Å². The van der Waals surface area contributed by atoms with Crippen LogP contribution in [0.1, 0.15) is 148 Å². The third kappa shape index (κ3) is 46.3. The zero-order valence-corrected chi connectivity index (χ0v) is 46.1. The van der Waals surface area contributed by atoms with E-state index in [2.05, 4.69) is 69.1 Å². The van der Waals surface area contributed by atoms with Crippen LogP contribution in [0, 0.1) is 0 Å². The van der Waals surface area contributed by atoms with Gasteiger partial charge in [0, 0.05) is 65.0 Å². The Morgan fingerprint density at radius 1 is 0.375 bits per heavy atom. The summed E-state index contributed by atoms with van der Waals surface area (Å²) in [6.07, 6.45) is 19.1. The van der Waals surface area contributed by atoms with Crippen molar-refractivity contribution in [1.82, 2.24) is 37.2 Å². The van der Waals surface area contributed by atoms with E-state index >= 15 is 0 Å². The lowest BCUT2D eigenvalue weighted by atomic mass is 10.0. The Morgan fingerprint density at radius 2 is 0.764 bits per heavy atom. The summed E-state index contributed by atoms with van der Waals surface area (Å²) >= 11 is 6.14. The van der Waals surface area contributed by atoms with Gasteiger partial charge in [-0.2, -0.15) is 0 Å². The van der Waals surface area contributed by atoms with E-state index < -0.39 is 18.1 Å². The highest BCUT2D eigenvalue weighted by Gasteiger charge is 2.21. The Labute approximate surface area is 445 Å². The molecule has 23 heteroatoms. The summed E-state index contributed by atoms with van der Waals surface area (Å²) < 4.78 is 21.9. The first-order valence-corrected chi connectivity index (χ1v) is 28.5. The molecule has 0 bridgehead atoms. The minimum absolute atomic E-state index is 0.0618. The summed E-state index contributed by atoms with van der Waals surface area (Å²) in [4.78, 5) is 96.1. The molecule has 2 unspecified atom stereocenters. The number of aliphatic carboxylic acids is 1. The number of carboxylic acid groups (broad SMARTS) is 1. The smallest absolute Gasteiger partial charge is 0.303 e. The fourth-order valence-corrected chi connectivity index (χ4v) is 7.46. The number of halogens is 2. The molecule has 0 aliphatic heterocycles. The number of nitrogens with one attached hydrogen (secondary N) is 7. The molecule has 0 fully saturated rings. The first-order chi connectivity index (χ1) is 34.9. The Kier molecular flexibility index (Phi) is 48.6. The molecule has 0 rings (SSSR count). The summed E-state index contributed by atoms with van der Waals surface area (Å²) in [6.45, 7) is 4.10. The number of nitrogens with two attached hydrogens (primary N) is 1. The van der Waals surface area contributed by atoms with Crippen LogP contribution in [-0.2, 0) is 57.3 Å². The van der Waals surface area contributed by atoms with Crippen LogP contribution in [0.2, 0.25) is 0 Å². The zero-order chi connectivity index (χ0) is 53.1. The lowest BCUT2D eigenvalue weighted by molar-refractivity contribution is -0.137. The molecule has 0 spiro atoms. The number of ether oxygens (including phenoxy) is 4. The number of carboxylic acids is 1. The van der Waals surface area contributed by atoms with Gasteiger partial charge < -0.3 is 67.0 Å². The molecule has 72 heavy (non-hydrogen) atoms. The van der Waals surface area contributed by atoms with Crippen LogP contribution < -0.4 is 43.0 Å². The minimum Gasteiger partial charge on any atom is -0.481 e. The van der Waals surface area contributed by atoms with Crippen molar-refractivity contribution < 1.29 is 62.4 Å². The Balaban J connectivity index is 3.89. The highest BCUT2D eigenvalue weighted by molar-refractivity contribution is 9.09. The normalized spacial score (nSPS) is 11.8. The molecule has 0 aromatic rings. The molecular formula is C49H90Br2N8O13. The molecule has 7 amide bonds. The SMILES string of the molecule is NCCNC(=O)C(CCCCNC(=O)CCOCCOCCNC(=O)CCOCCOCCNC(=O)C(CCCNC(=O)CBr)NC(=O)CBr)NC(=O)CCCCCCCCCCCCCCCCC(=O)O. The van der Waals surface area contributed by atoms with Crippen LogP contribution in [0.25, 0.3) is 0 Å². The van der Waals surface area contributed by atoms with Gasteiger partial charge in [-0.3, -0.25) is 38.4 Å². The number of hydrogen-bond acceptors (Lipinski definition) is 13. The van der Waals surface area contributed by atoms with Crippen molar-refractivity contribution in [2.45, 2.75) is 160 Å². The summed E-state index contributed by atoms with van der Waals surface area (Å²) in [5, 5.41) is 28.3. The molecule has 0 radical (unpaired) electrons. The van der Waals surface area contributed by atoms with Gasteiger partial charge in [-0.15, -0.1) is 0 Å². The van der Waals surface area contributed by atoms with E-state index in [4.69, 9.17) is 29.8 Å². The predicted octanol–water partition coefficient (Wildman–Crippen LogP) is 3.41. The molecule has 0 aliphatic rings. The monoisotopic (exact) mass is 1160 g/mol. The molecule has 0 saturated carbocycles. The Morgan fingerprint density at radius 3 is 1.25 bits per heavy atom. The fraction of sp³-hybridized carbons (Fsp3) is 0.837. The average Bonchev–Trinajstić information content (AvgIpc) is 3.36. The second-order valence-electron chi connectivity index (χ2n) is 17.4. The van der Waals surface area contributed by atoms with Crippen molar-refractivity contribution in [1.29, 1.82) is 0 Å². The van der Waals surface area contributed by atoms with Crippen LogP contribution in [0.4, 0.5) is 0 Å². The molecule has 0 aromatic carbocycles. The first-order valence-electron chi connectivity index (χ1n) is 26.2. The van der Waals surface area contributed by atoms with Gasteiger partial charge in [0.1, 0.15) is 12.1 Å². The lowest BCUT2D eigenvalue weighted by Gasteiger charge is -2.18. The van der Waals surface area contributed by atoms with Gasteiger partial charge >= 0.3 is 5.97 Å². The summed E-state index contributed by atoms with van der Waals surface area (Å²) in [5.41, 5.74) is 5.56. The third-order valence-corrected chi connectivity index (χ3v) is 12.1. The molecule has 2 atom stereocenters. The van der Waals surface area contributed by atoms with Crippen molar-refractivity contribution >= 4 is 79.2 Å². The van der Waals surface area contributed by atoms with E-state index in [-0.39, 0.29) is 111 Å². The molecule has 0 heterocycles. The number of hydrogen-bond donors (Lipinski definition) is 9. The zero-order valence-electron chi connectivity index (χ0n) is 42.9. The van der Waals surface area contributed by atoms with Gasteiger partial charge in [0.15, 0.2) is 0 Å². The van der Waals surface area contributed by atoms with Crippen LogP contribution in [-0.4, -0.2) is 167 Å². The standard InChI is InChI=1S/C49H90Br2N8O13/c50-38-45(63)54-26-17-19-41(59-46(64)39-51)49(68)57-29-33-72-37-35-70-31-23-43(61)55-28-32-71-36-34-69-30-22-42(60)53-25-16-15-18-40(48(67)56-27-24-52)58-44(62)20-13-11-9-7-5-3-1-2-4-6-8-10-12-14-21-47(65)66/h40-41H,1-39,52H2,(H,53,60)(H,54,63)(H,55,61)(H,56,67)(H,57,68)(H,58,62)(H,59,64)(H,65,66). The van der Waals surface area contributed by atoms with Gasteiger partial charge in [-0.05, 0) is 44.9 Å². The van der Waals surface area contributed by atoms with E-state index in [0.717, 1.165) is 44.9 Å².